The molecule has 8 heteroatoms. The van der Waals surface area contributed by atoms with Crippen molar-refractivity contribution in [2.24, 2.45) is 0 Å². The van der Waals surface area contributed by atoms with Crippen molar-refractivity contribution in [2.75, 3.05) is 26.3 Å². The Morgan fingerprint density at radius 2 is 1.62 bits per heavy atom. The smallest absolute Gasteiger partial charge is 0.242 e. The van der Waals surface area contributed by atoms with Crippen molar-refractivity contribution >= 4 is 27.3 Å². The van der Waals surface area contributed by atoms with E-state index in [2.05, 4.69) is 16.3 Å². The molecule has 0 bridgehead atoms. The minimum Gasteiger partial charge on any atom is -0.379 e. The summed E-state index contributed by atoms with van der Waals surface area (Å²) in [6.07, 6.45) is 2.10. The summed E-state index contributed by atoms with van der Waals surface area (Å²) in [5, 5.41) is 3.42. The Balaban J connectivity index is 1.52. The van der Waals surface area contributed by atoms with Gasteiger partial charge in [-0.25, -0.2) is 8.42 Å². The molecule has 0 radical (unpaired) electrons. The highest BCUT2D eigenvalue weighted by Crippen LogP contribution is 2.41. The van der Waals surface area contributed by atoms with Crippen LogP contribution in [0.15, 0.2) is 53.4 Å². The zero-order valence-electron chi connectivity index (χ0n) is 18.1. The van der Waals surface area contributed by atoms with Crippen molar-refractivity contribution in [3.8, 4) is 0 Å². The summed E-state index contributed by atoms with van der Waals surface area (Å²) in [6, 6.07) is 14.1. The van der Waals surface area contributed by atoms with Crippen LogP contribution in [-0.2, 0) is 32.5 Å². The summed E-state index contributed by atoms with van der Waals surface area (Å²) >= 11 is 5.94. The van der Waals surface area contributed by atoms with Gasteiger partial charge in [-0.05, 0) is 48.2 Å². The number of hydrogen-bond donors (Lipinski definition) is 1. The van der Waals surface area contributed by atoms with Crippen LogP contribution < -0.4 is 5.32 Å². The van der Waals surface area contributed by atoms with Crippen LogP contribution in [0.2, 0.25) is 5.02 Å². The molecule has 1 saturated carbocycles. The van der Waals surface area contributed by atoms with E-state index in [0.29, 0.717) is 37.3 Å². The monoisotopic (exact) mass is 476 g/mol. The van der Waals surface area contributed by atoms with Crippen LogP contribution in [0.25, 0.3) is 0 Å². The molecule has 6 nitrogen and oxygen atoms in total. The van der Waals surface area contributed by atoms with Crippen molar-refractivity contribution in [1.82, 2.24) is 10.2 Å². The van der Waals surface area contributed by atoms with E-state index in [4.69, 9.17) is 16.3 Å². The van der Waals surface area contributed by atoms with E-state index in [9.17, 15) is 13.2 Å². The summed E-state index contributed by atoms with van der Waals surface area (Å²) in [5.74, 6) is -0.411. The maximum Gasteiger partial charge on any atom is 0.242 e. The second-order valence-corrected chi connectivity index (χ2v) is 11.2. The maximum absolute atomic E-state index is 13.5. The standard InChI is InChI=1S/C24H29ClN2O4S/c25-21-7-9-22(10-8-21)32(29,30)24(11-3-4-12-24)23(28)26-17-19-5-1-2-6-20(19)18-27-13-15-31-16-14-27/h1-2,5-10H,3-4,11-18H2,(H,26,28). The van der Waals surface area contributed by atoms with Gasteiger partial charge in [-0.1, -0.05) is 48.7 Å². The normalized spacial score (nSPS) is 19.0. The Kier molecular flexibility index (Phi) is 7.20. The third kappa shape index (κ3) is 4.71. The SMILES string of the molecule is O=C(NCc1ccccc1CN1CCOCC1)C1(S(=O)(=O)c2ccc(Cl)cc2)CCCC1. The van der Waals surface area contributed by atoms with Gasteiger partial charge >= 0.3 is 0 Å². The number of ether oxygens (including phenoxy) is 1. The number of carbonyl (C=O) groups excluding carboxylic acids is 1. The van der Waals surface area contributed by atoms with Crippen molar-refractivity contribution in [2.45, 2.75) is 48.4 Å². The van der Waals surface area contributed by atoms with Gasteiger partial charge in [-0.3, -0.25) is 9.69 Å². The Morgan fingerprint density at radius 1 is 1.00 bits per heavy atom. The number of sulfone groups is 1. The van der Waals surface area contributed by atoms with E-state index in [1.54, 1.807) is 12.1 Å². The number of halogens is 1. The van der Waals surface area contributed by atoms with Crippen LogP contribution in [0.5, 0.6) is 0 Å². The molecule has 1 aliphatic heterocycles. The first-order valence-corrected chi connectivity index (χ1v) is 12.9. The number of hydrogen-bond acceptors (Lipinski definition) is 5. The average molecular weight is 477 g/mol. The average Bonchev–Trinajstić information content (AvgIpc) is 3.31. The summed E-state index contributed by atoms with van der Waals surface area (Å²) in [4.78, 5) is 15.9. The number of nitrogens with zero attached hydrogens (tertiary/aromatic N) is 1. The lowest BCUT2D eigenvalue weighted by atomic mass is 10.0. The molecular formula is C24H29ClN2O4S. The van der Waals surface area contributed by atoms with E-state index in [0.717, 1.165) is 44.0 Å². The fraction of sp³-hybridized carbons (Fsp3) is 0.458. The molecule has 1 N–H and O–H groups in total. The largest absolute Gasteiger partial charge is 0.379 e. The molecule has 0 atom stereocenters. The molecule has 172 valence electrons. The molecule has 0 spiro atoms. The molecule has 2 aliphatic rings. The van der Waals surface area contributed by atoms with Gasteiger partial charge in [0.2, 0.25) is 5.91 Å². The second-order valence-electron chi connectivity index (χ2n) is 8.50. The van der Waals surface area contributed by atoms with Crippen LogP contribution in [0.3, 0.4) is 0 Å². The van der Waals surface area contributed by atoms with Gasteiger partial charge in [-0.2, -0.15) is 0 Å². The predicted molar refractivity (Wildman–Crippen MR) is 124 cm³/mol. The Bertz CT molecular complexity index is 1040. The molecule has 2 fully saturated rings. The van der Waals surface area contributed by atoms with Crippen molar-refractivity contribution < 1.29 is 17.9 Å². The van der Waals surface area contributed by atoms with Gasteiger partial charge in [0.05, 0.1) is 18.1 Å². The highest BCUT2D eigenvalue weighted by atomic mass is 35.5. The maximum atomic E-state index is 13.5. The summed E-state index contributed by atoms with van der Waals surface area (Å²) in [6.45, 7) is 4.29. The van der Waals surface area contributed by atoms with Gasteiger partial charge in [-0.15, -0.1) is 0 Å². The molecule has 1 aliphatic carbocycles. The Morgan fingerprint density at radius 3 is 2.28 bits per heavy atom. The first-order chi connectivity index (χ1) is 15.4. The molecule has 1 saturated heterocycles. The predicted octanol–water partition coefficient (Wildman–Crippen LogP) is 3.58. The molecule has 2 aromatic carbocycles. The summed E-state index contributed by atoms with van der Waals surface area (Å²) in [5.41, 5.74) is 2.14. The lowest BCUT2D eigenvalue weighted by Gasteiger charge is -2.29. The molecule has 0 aromatic heterocycles. The summed E-state index contributed by atoms with van der Waals surface area (Å²) in [7, 11) is -3.85. The van der Waals surface area contributed by atoms with E-state index in [-0.39, 0.29) is 4.90 Å². The first-order valence-electron chi connectivity index (χ1n) is 11.1. The van der Waals surface area contributed by atoms with Crippen LogP contribution in [0, 0.1) is 0 Å². The van der Waals surface area contributed by atoms with Gasteiger partial charge < -0.3 is 10.1 Å². The van der Waals surface area contributed by atoms with Crippen LogP contribution in [0.4, 0.5) is 0 Å². The zero-order valence-corrected chi connectivity index (χ0v) is 19.6. The van der Waals surface area contributed by atoms with Gasteiger partial charge in [0.1, 0.15) is 0 Å². The number of rotatable bonds is 7. The van der Waals surface area contributed by atoms with E-state index >= 15 is 0 Å². The fourth-order valence-electron chi connectivity index (χ4n) is 4.62. The minimum atomic E-state index is -3.85. The number of morpholine rings is 1. The van der Waals surface area contributed by atoms with Gasteiger partial charge in [0, 0.05) is 31.2 Å². The molecule has 2 aromatic rings. The minimum absolute atomic E-state index is 0.145. The molecule has 0 unspecified atom stereocenters. The lowest BCUT2D eigenvalue weighted by molar-refractivity contribution is -0.123. The Labute approximate surface area is 194 Å². The molecule has 1 heterocycles. The van der Waals surface area contributed by atoms with E-state index < -0.39 is 20.5 Å². The van der Waals surface area contributed by atoms with E-state index in [1.807, 2.05) is 18.2 Å². The highest BCUT2D eigenvalue weighted by Gasteiger charge is 2.52. The van der Waals surface area contributed by atoms with Crippen LogP contribution in [0.1, 0.15) is 36.8 Å². The fourth-order valence-corrected chi connectivity index (χ4v) is 6.84. The number of benzene rings is 2. The summed E-state index contributed by atoms with van der Waals surface area (Å²) < 4.78 is 31.1. The highest BCUT2D eigenvalue weighted by molar-refractivity contribution is 7.93. The van der Waals surface area contributed by atoms with Crippen LogP contribution >= 0.6 is 11.6 Å². The second kappa shape index (κ2) is 9.91. The first kappa shape index (κ1) is 23.2. The van der Waals surface area contributed by atoms with Gasteiger partial charge in [0.15, 0.2) is 14.6 Å². The molecular weight excluding hydrogens is 448 g/mol. The Hall–Kier alpha value is -1.93. The quantitative estimate of drug-likeness (QED) is 0.661. The third-order valence-electron chi connectivity index (χ3n) is 6.52. The molecule has 1 amide bonds. The third-order valence-corrected chi connectivity index (χ3v) is 9.29. The topological polar surface area (TPSA) is 75.7 Å². The number of amides is 1. The van der Waals surface area contributed by atoms with Crippen molar-refractivity contribution in [3.63, 3.8) is 0 Å². The number of carbonyl (C=O) groups is 1. The van der Waals surface area contributed by atoms with Crippen molar-refractivity contribution in [3.05, 3.63) is 64.7 Å². The zero-order chi connectivity index (χ0) is 22.6. The lowest BCUT2D eigenvalue weighted by Crippen LogP contribution is -2.50. The molecule has 4 rings (SSSR count). The van der Waals surface area contributed by atoms with E-state index in [1.165, 1.54) is 12.1 Å². The number of nitrogens with one attached hydrogen (secondary N) is 1. The van der Waals surface area contributed by atoms with Crippen molar-refractivity contribution in [1.29, 1.82) is 0 Å². The van der Waals surface area contributed by atoms with Crippen LogP contribution in [-0.4, -0.2) is 50.3 Å². The molecule has 32 heavy (non-hydrogen) atoms. The van der Waals surface area contributed by atoms with Gasteiger partial charge in [0.25, 0.3) is 0 Å².